The van der Waals surface area contributed by atoms with Gasteiger partial charge in [0.2, 0.25) is 0 Å². The van der Waals surface area contributed by atoms with E-state index < -0.39 is 11.6 Å². The molecule has 8 heteroatoms. The van der Waals surface area contributed by atoms with Gasteiger partial charge in [-0.15, -0.1) is 0 Å². The van der Waals surface area contributed by atoms with E-state index in [1.54, 1.807) is 24.3 Å². The number of ether oxygens (including phenoxy) is 2. The van der Waals surface area contributed by atoms with Crippen LogP contribution in [-0.4, -0.2) is 31.6 Å². The van der Waals surface area contributed by atoms with Crippen LogP contribution in [0.1, 0.15) is 27.0 Å². The number of isothiocyanates is 1. The molecule has 1 spiro atoms. The zero-order chi connectivity index (χ0) is 20.3. The Labute approximate surface area is 173 Å². The summed E-state index contributed by atoms with van der Waals surface area (Å²) in [5, 5.41) is 22.6. The van der Waals surface area contributed by atoms with Crippen LogP contribution in [-0.2, 0) is 10.3 Å². The van der Waals surface area contributed by atoms with Gasteiger partial charge >= 0.3 is 5.97 Å². The minimum absolute atomic E-state index is 0.00136. The Morgan fingerprint density at radius 2 is 1.55 bits per heavy atom. The maximum absolute atomic E-state index is 13.0. The molecule has 0 aliphatic carbocycles. The molecular formula is C21H10NO5SSi. The van der Waals surface area contributed by atoms with Crippen LogP contribution >= 0.6 is 12.2 Å². The first-order valence-corrected chi connectivity index (χ1v) is 9.41. The van der Waals surface area contributed by atoms with Crippen LogP contribution in [0.5, 0.6) is 23.0 Å². The number of esters is 1. The highest BCUT2D eigenvalue weighted by molar-refractivity contribution is 7.78. The van der Waals surface area contributed by atoms with Gasteiger partial charge in [0, 0.05) is 28.8 Å². The monoisotopic (exact) mass is 416 g/mol. The van der Waals surface area contributed by atoms with Gasteiger partial charge < -0.3 is 19.7 Å². The summed E-state index contributed by atoms with van der Waals surface area (Å²) >= 11 is 4.68. The number of nitrogens with zero attached hydrogens (tertiary/aromatic N) is 1. The molecule has 2 aliphatic rings. The average molecular weight is 416 g/mol. The van der Waals surface area contributed by atoms with E-state index in [0.717, 1.165) is 0 Å². The first-order valence-electron chi connectivity index (χ1n) is 8.51. The van der Waals surface area contributed by atoms with Crippen LogP contribution < -0.4 is 9.92 Å². The van der Waals surface area contributed by atoms with Gasteiger partial charge in [-0.3, -0.25) is 0 Å². The molecule has 139 valence electrons. The van der Waals surface area contributed by atoms with Crippen molar-refractivity contribution in [3.8, 4) is 23.0 Å². The summed E-state index contributed by atoms with van der Waals surface area (Å²) in [6.45, 7) is 0. The van der Waals surface area contributed by atoms with Gasteiger partial charge in [0.15, 0.2) is 5.60 Å². The Bertz CT molecular complexity index is 1230. The average Bonchev–Trinajstić information content (AvgIpc) is 2.97. The van der Waals surface area contributed by atoms with Gasteiger partial charge in [0.05, 0.1) is 26.7 Å². The van der Waals surface area contributed by atoms with Crippen molar-refractivity contribution in [3.63, 3.8) is 0 Å². The lowest BCUT2D eigenvalue weighted by molar-refractivity contribution is 0.0225. The van der Waals surface area contributed by atoms with Crippen LogP contribution in [0.4, 0.5) is 5.69 Å². The van der Waals surface area contributed by atoms with Crippen molar-refractivity contribution in [2.75, 3.05) is 0 Å². The predicted molar refractivity (Wildman–Crippen MR) is 108 cm³/mol. The van der Waals surface area contributed by atoms with Crippen LogP contribution in [0.3, 0.4) is 0 Å². The molecule has 0 saturated carbocycles. The zero-order valence-electron chi connectivity index (χ0n) is 14.6. The topological polar surface area (TPSA) is 88.4 Å². The number of thiocarbonyl (C=S) groups is 1. The number of fused-ring (bicyclic) bond motifs is 6. The summed E-state index contributed by atoms with van der Waals surface area (Å²) in [5.74, 6) is 0.0870. The van der Waals surface area contributed by atoms with Crippen molar-refractivity contribution in [1.82, 2.24) is 0 Å². The largest absolute Gasteiger partial charge is 0.508 e. The Morgan fingerprint density at radius 3 is 2.14 bits per heavy atom. The maximum Gasteiger partial charge on any atom is 0.340 e. The summed E-state index contributed by atoms with van der Waals surface area (Å²) in [4.78, 5) is 17.0. The van der Waals surface area contributed by atoms with Gasteiger partial charge in [-0.1, -0.05) is 6.07 Å². The van der Waals surface area contributed by atoms with E-state index in [0.29, 0.717) is 44.6 Å². The molecule has 0 atom stereocenters. The normalized spacial score (nSPS) is 14.9. The highest BCUT2D eigenvalue weighted by Crippen LogP contribution is 2.56. The number of phenolic OH excluding ortho intramolecular Hbond substituents is 2. The highest BCUT2D eigenvalue weighted by Gasteiger charge is 2.54. The molecule has 0 amide bonds. The van der Waals surface area contributed by atoms with Crippen molar-refractivity contribution in [3.05, 3.63) is 70.8 Å². The van der Waals surface area contributed by atoms with Crippen molar-refractivity contribution >= 4 is 44.5 Å². The molecule has 2 N–H and O–H groups in total. The first-order chi connectivity index (χ1) is 14.0. The summed E-state index contributed by atoms with van der Waals surface area (Å²) in [6.07, 6.45) is 0. The van der Waals surface area contributed by atoms with Crippen molar-refractivity contribution in [2.45, 2.75) is 5.60 Å². The number of benzene rings is 3. The Morgan fingerprint density at radius 1 is 0.966 bits per heavy atom. The third-order valence-electron chi connectivity index (χ3n) is 5.09. The lowest BCUT2D eigenvalue weighted by Crippen LogP contribution is -2.33. The molecule has 3 aromatic carbocycles. The number of hydrogen-bond acceptors (Lipinski definition) is 7. The number of hydrogen-bond donors (Lipinski definition) is 2. The molecule has 0 aromatic heterocycles. The predicted octanol–water partition coefficient (Wildman–Crippen LogP) is 3.19. The Kier molecular flexibility index (Phi) is 3.66. The summed E-state index contributed by atoms with van der Waals surface area (Å²) < 4.78 is 11.9. The standard InChI is InChI=1S/C21H10NO5SSi/c23-10-1-3-12-16(7-10)26-17-8-11(24)2-4-13(17)21(12)14-5-6-15(22-9-28)19(29)18(14)20(25)27-21/h1-8,23-24H. The number of carbonyl (C=O) groups is 1. The molecular weight excluding hydrogens is 406 g/mol. The molecule has 0 bridgehead atoms. The molecule has 5 rings (SSSR count). The smallest absolute Gasteiger partial charge is 0.340 e. The molecule has 2 heterocycles. The zero-order valence-corrected chi connectivity index (χ0v) is 16.4. The lowest BCUT2D eigenvalue weighted by Gasteiger charge is -2.36. The molecule has 0 unspecified atom stereocenters. The van der Waals surface area contributed by atoms with Crippen LogP contribution in [0.25, 0.3) is 0 Å². The second-order valence-corrected chi connectivity index (χ2v) is 7.30. The van der Waals surface area contributed by atoms with E-state index in [9.17, 15) is 15.0 Å². The van der Waals surface area contributed by atoms with Crippen molar-refractivity contribution < 1.29 is 24.5 Å². The van der Waals surface area contributed by atoms with E-state index in [1.165, 1.54) is 24.3 Å². The second-order valence-electron chi connectivity index (χ2n) is 6.62. The van der Waals surface area contributed by atoms with Crippen LogP contribution in [0, 0.1) is 0 Å². The number of aliphatic imine (C=N–C) groups is 1. The minimum Gasteiger partial charge on any atom is -0.508 e. The maximum atomic E-state index is 13.0. The number of rotatable bonds is 1. The molecule has 0 fully saturated rings. The van der Waals surface area contributed by atoms with Gasteiger partial charge in [0.1, 0.15) is 23.0 Å². The number of aromatic hydroxyl groups is 2. The molecule has 3 radical (unpaired) electrons. The molecule has 6 nitrogen and oxygen atoms in total. The van der Waals surface area contributed by atoms with E-state index in [1.807, 2.05) is 0 Å². The third kappa shape index (κ3) is 2.31. The molecule has 2 aliphatic heterocycles. The number of carbonyl (C=O) groups excluding carboxylic acids is 1. The lowest BCUT2D eigenvalue weighted by atomic mass is 9.77. The van der Waals surface area contributed by atoms with Crippen molar-refractivity contribution in [1.29, 1.82) is 0 Å². The Balaban J connectivity index is 1.89. The van der Waals surface area contributed by atoms with Crippen LogP contribution in [0.2, 0.25) is 0 Å². The fraction of sp³-hybridized carbons (Fsp3) is 0.0476. The van der Waals surface area contributed by atoms with Crippen molar-refractivity contribution in [2.24, 2.45) is 4.99 Å². The van der Waals surface area contributed by atoms with Crippen LogP contribution in [0.15, 0.2) is 53.5 Å². The van der Waals surface area contributed by atoms with Gasteiger partial charge in [0.25, 0.3) is 0 Å². The van der Waals surface area contributed by atoms with E-state index in [4.69, 9.17) is 9.47 Å². The van der Waals surface area contributed by atoms with E-state index in [-0.39, 0.29) is 11.5 Å². The third-order valence-corrected chi connectivity index (χ3v) is 5.68. The summed E-state index contributed by atoms with van der Waals surface area (Å²) in [6, 6.07) is 12.6. The van der Waals surface area contributed by atoms with Gasteiger partial charge in [-0.2, -0.15) is 4.99 Å². The minimum atomic E-state index is -1.31. The van der Waals surface area contributed by atoms with E-state index >= 15 is 0 Å². The molecule has 0 saturated heterocycles. The first kappa shape index (κ1) is 17.6. The molecule has 29 heavy (non-hydrogen) atoms. The highest BCUT2D eigenvalue weighted by atomic mass is 32.1. The Hall–Kier alpha value is -3.45. The van der Waals surface area contributed by atoms with E-state index in [2.05, 4.69) is 32.6 Å². The summed E-state index contributed by atoms with van der Waals surface area (Å²) in [5.41, 5.74) is 1.15. The fourth-order valence-electron chi connectivity index (χ4n) is 3.92. The van der Waals surface area contributed by atoms with Gasteiger partial charge in [-0.05, 0) is 47.7 Å². The quantitative estimate of drug-likeness (QED) is 0.274. The fourth-order valence-corrected chi connectivity index (χ4v) is 4.40. The van der Waals surface area contributed by atoms with Gasteiger partial charge in [-0.25, -0.2) is 4.79 Å². The SMILES string of the molecule is O=C1OC2(c3ccc(O)cc3Oc3cc(O)ccc32)c2ccc(N=C=S)c([Si])c21. The second kappa shape index (κ2) is 6.02. The molecule has 3 aromatic rings. The summed E-state index contributed by atoms with van der Waals surface area (Å²) in [7, 11) is 3.50. The number of phenols is 2.